The molecule has 16 heavy (non-hydrogen) atoms. The van der Waals surface area contributed by atoms with Gasteiger partial charge in [-0.3, -0.25) is 0 Å². The molecule has 1 aromatic rings. The molecule has 1 rings (SSSR count). The van der Waals surface area contributed by atoms with Crippen molar-refractivity contribution in [3.8, 4) is 0 Å². The molecule has 0 unspecified atom stereocenters. The van der Waals surface area contributed by atoms with Gasteiger partial charge in [-0.25, -0.2) is 14.0 Å². The lowest BCUT2D eigenvalue weighted by Gasteiger charge is -2.06. The smallest absolute Gasteiger partial charge is 0.338 e. The zero-order valence-electron chi connectivity index (χ0n) is 8.95. The number of benzene rings is 1. The summed E-state index contributed by atoms with van der Waals surface area (Å²) < 4.78 is 22.1. The lowest BCUT2D eigenvalue weighted by Crippen LogP contribution is -2.13. The number of ether oxygens (including phenoxy) is 2. The van der Waals surface area contributed by atoms with Crippen LogP contribution < -0.4 is 0 Å². The molecule has 0 aliphatic carbocycles. The van der Waals surface area contributed by atoms with Gasteiger partial charge >= 0.3 is 11.9 Å². The molecule has 0 N–H and O–H groups in total. The van der Waals surface area contributed by atoms with Gasteiger partial charge < -0.3 is 9.47 Å². The predicted molar refractivity (Wildman–Crippen MR) is 53.7 cm³/mol. The summed E-state index contributed by atoms with van der Waals surface area (Å²) in [6.45, 7) is 1.82. The molecule has 0 heterocycles. The summed E-state index contributed by atoms with van der Waals surface area (Å²) in [6.07, 6.45) is 0. The largest absolute Gasteiger partial charge is 0.465 e. The van der Waals surface area contributed by atoms with E-state index in [0.29, 0.717) is 0 Å². The van der Waals surface area contributed by atoms with E-state index in [4.69, 9.17) is 4.74 Å². The molecule has 1 aromatic carbocycles. The Morgan fingerprint density at radius 2 is 1.94 bits per heavy atom. The monoisotopic (exact) mass is 226 g/mol. The fourth-order valence-electron chi connectivity index (χ4n) is 1.18. The van der Waals surface area contributed by atoms with E-state index in [1.807, 2.05) is 0 Å². The van der Waals surface area contributed by atoms with Gasteiger partial charge in [-0.05, 0) is 25.1 Å². The van der Waals surface area contributed by atoms with E-state index in [-0.39, 0.29) is 17.7 Å². The fraction of sp³-hybridized carbons (Fsp3) is 0.273. The zero-order valence-corrected chi connectivity index (χ0v) is 8.95. The molecule has 0 amide bonds. The van der Waals surface area contributed by atoms with Gasteiger partial charge in [0.2, 0.25) is 0 Å². The minimum Gasteiger partial charge on any atom is -0.465 e. The second-order valence-corrected chi connectivity index (χ2v) is 2.90. The number of hydrogen-bond acceptors (Lipinski definition) is 4. The summed E-state index contributed by atoms with van der Waals surface area (Å²) >= 11 is 0. The minimum atomic E-state index is -0.775. The molecule has 0 atom stereocenters. The van der Waals surface area contributed by atoms with E-state index in [9.17, 15) is 14.0 Å². The molecular weight excluding hydrogens is 215 g/mol. The zero-order chi connectivity index (χ0) is 12.1. The van der Waals surface area contributed by atoms with E-state index in [1.165, 1.54) is 6.07 Å². The lowest BCUT2D eigenvalue weighted by atomic mass is 10.1. The van der Waals surface area contributed by atoms with E-state index in [1.54, 1.807) is 6.92 Å². The Labute approximate surface area is 92.0 Å². The van der Waals surface area contributed by atoms with Crippen LogP contribution >= 0.6 is 0 Å². The molecule has 0 bridgehead atoms. The topological polar surface area (TPSA) is 52.6 Å². The molecular formula is C11H11FO4. The van der Waals surface area contributed by atoms with Crippen LogP contribution in [0.5, 0.6) is 0 Å². The first-order valence-corrected chi connectivity index (χ1v) is 4.65. The maximum absolute atomic E-state index is 12.9. The molecule has 0 saturated heterocycles. The first kappa shape index (κ1) is 12.2. The van der Waals surface area contributed by atoms with Crippen LogP contribution in [0.2, 0.25) is 0 Å². The first-order valence-electron chi connectivity index (χ1n) is 4.65. The molecule has 0 aliphatic rings. The molecule has 0 fully saturated rings. The molecule has 0 radical (unpaired) electrons. The van der Waals surface area contributed by atoms with Gasteiger partial charge in [0.25, 0.3) is 0 Å². The molecule has 0 saturated carbocycles. The molecule has 0 aliphatic heterocycles. The maximum atomic E-state index is 12.9. The Bertz CT molecular complexity index is 414. The first-order chi connectivity index (χ1) is 7.60. The number of rotatable bonds is 3. The third-order valence-corrected chi connectivity index (χ3v) is 1.88. The van der Waals surface area contributed by atoms with E-state index in [0.717, 1.165) is 19.2 Å². The van der Waals surface area contributed by atoms with Crippen molar-refractivity contribution in [1.29, 1.82) is 0 Å². The van der Waals surface area contributed by atoms with Crippen molar-refractivity contribution >= 4 is 11.9 Å². The van der Waals surface area contributed by atoms with E-state index in [2.05, 4.69) is 4.74 Å². The number of methoxy groups -OCH3 is 1. The molecule has 0 aromatic heterocycles. The lowest BCUT2D eigenvalue weighted by molar-refractivity contribution is 0.0504. The predicted octanol–water partition coefficient (Wildman–Crippen LogP) is 1.79. The summed E-state index contributed by atoms with van der Waals surface area (Å²) in [6, 6.07) is 3.22. The number of esters is 2. The number of carbonyl (C=O) groups excluding carboxylic acids is 2. The Hall–Kier alpha value is -1.91. The van der Waals surface area contributed by atoms with Crippen LogP contribution in [0.15, 0.2) is 18.2 Å². The highest BCUT2D eigenvalue weighted by Gasteiger charge is 2.19. The van der Waals surface area contributed by atoms with Crippen LogP contribution in [0, 0.1) is 5.82 Å². The highest BCUT2D eigenvalue weighted by atomic mass is 19.1. The van der Waals surface area contributed by atoms with Crippen molar-refractivity contribution in [3.63, 3.8) is 0 Å². The SMILES string of the molecule is CCOC(=O)c1ccc(F)cc1C(=O)OC. The summed E-state index contributed by atoms with van der Waals surface area (Å²) in [5.74, 6) is -2.07. The molecule has 86 valence electrons. The third-order valence-electron chi connectivity index (χ3n) is 1.88. The van der Waals surface area contributed by atoms with Gasteiger partial charge in [0.15, 0.2) is 0 Å². The van der Waals surface area contributed by atoms with Crippen molar-refractivity contribution in [2.75, 3.05) is 13.7 Å². The normalized spacial score (nSPS) is 9.69. The average molecular weight is 226 g/mol. The summed E-state index contributed by atoms with van der Waals surface area (Å²) in [7, 11) is 1.15. The summed E-state index contributed by atoms with van der Waals surface area (Å²) in [5.41, 5.74) is -0.143. The van der Waals surface area contributed by atoms with Crippen LogP contribution in [0.3, 0.4) is 0 Å². The van der Waals surface area contributed by atoms with Crippen LogP contribution in [0.4, 0.5) is 4.39 Å². The Balaban J connectivity index is 3.17. The highest BCUT2D eigenvalue weighted by molar-refractivity contribution is 6.03. The van der Waals surface area contributed by atoms with Crippen molar-refractivity contribution in [3.05, 3.63) is 35.1 Å². The standard InChI is InChI=1S/C11H11FO4/c1-3-16-11(14)8-5-4-7(12)6-9(8)10(13)15-2/h4-6H,3H2,1-2H3. The van der Waals surface area contributed by atoms with Gasteiger partial charge in [0, 0.05) is 0 Å². The molecule has 0 spiro atoms. The van der Waals surface area contributed by atoms with Gasteiger partial charge in [-0.2, -0.15) is 0 Å². The maximum Gasteiger partial charge on any atom is 0.338 e. The van der Waals surface area contributed by atoms with Gasteiger partial charge in [-0.15, -0.1) is 0 Å². The quantitative estimate of drug-likeness (QED) is 0.737. The third kappa shape index (κ3) is 2.56. The van der Waals surface area contributed by atoms with Crippen LogP contribution in [-0.4, -0.2) is 25.7 Å². The van der Waals surface area contributed by atoms with Crippen molar-refractivity contribution in [2.45, 2.75) is 6.92 Å². The average Bonchev–Trinajstić information content (AvgIpc) is 2.28. The van der Waals surface area contributed by atoms with Crippen molar-refractivity contribution in [1.82, 2.24) is 0 Å². The van der Waals surface area contributed by atoms with E-state index >= 15 is 0 Å². The van der Waals surface area contributed by atoms with Crippen molar-refractivity contribution in [2.24, 2.45) is 0 Å². The summed E-state index contributed by atoms with van der Waals surface area (Å²) in [4.78, 5) is 22.7. The summed E-state index contributed by atoms with van der Waals surface area (Å²) in [5, 5.41) is 0. The molecule has 4 nitrogen and oxygen atoms in total. The minimum absolute atomic E-state index is 0.00454. The van der Waals surface area contributed by atoms with Gasteiger partial charge in [0.05, 0.1) is 24.8 Å². The Morgan fingerprint density at radius 1 is 1.25 bits per heavy atom. The van der Waals surface area contributed by atoms with Crippen LogP contribution in [0.25, 0.3) is 0 Å². The Morgan fingerprint density at radius 3 is 2.50 bits per heavy atom. The van der Waals surface area contributed by atoms with Crippen LogP contribution in [-0.2, 0) is 9.47 Å². The van der Waals surface area contributed by atoms with E-state index < -0.39 is 17.8 Å². The van der Waals surface area contributed by atoms with Crippen molar-refractivity contribution < 1.29 is 23.5 Å². The second-order valence-electron chi connectivity index (χ2n) is 2.90. The Kier molecular flexibility index (Phi) is 3.99. The number of hydrogen-bond donors (Lipinski definition) is 0. The van der Waals surface area contributed by atoms with Gasteiger partial charge in [0.1, 0.15) is 5.82 Å². The number of carbonyl (C=O) groups is 2. The van der Waals surface area contributed by atoms with Gasteiger partial charge in [-0.1, -0.05) is 0 Å². The second kappa shape index (κ2) is 5.25. The molecule has 5 heteroatoms. The highest BCUT2D eigenvalue weighted by Crippen LogP contribution is 2.14. The number of halogens is 1. The fourth-order valence-corrected chi connectivity index (χ4v) is 1.18. The van der Waals surface area contributed by atoms with Crippen LogP contribution in [0.1, 0.15) is 27.6 Å².